The summed E-state index contributed by atoms with van der Waals surface area (Å²) in [5, 5.41) is 0. The Morgan fingerprint density at radius 1 is 0.806 bits per heavy atom. The van der Waals surface area contributed by atoms with Crippen LogP contribution in [0.1, 0.15) is 22.3 Å². The Morgan fingerprint density at radius 3 is 2.10 bits per heavy atom. The van der Waals surface area contributed by atoms with E-state index in [1.54, 1.807) is 17.0 Å². The van der Waals surface area contributed by atoms with Crippen molar-refractivity contribution in [3.05, 3.63) is 96.1 Å². The van der Waals surface area contributed by atoms with Gasteiger partial charge in [0.25, 0.3) is 5.91 Å². The van der Waals surface area contributed by atoms with Gasteiger partial charge in [0.1, 0.15) is 0 Å². The lowest BCUT2D eigenvalue weighted by molar-refractivity contribution is -0.129. The van der Waals surface area contributed by atoms with E-state index in [2.05, 4.69) is 10.9 Å². The first-order valence-corrected chi connectivity index (χ1v) is 10.2. The largest absolute Gasteiger partial charge is 0.338 e. The lowest BCUT2D eigenvalue weighted by atomic mass is 10.0. The number of carbonyl (C=O) groups is 3. The molecule has 1 unspecified atom stereocenters. The van der Waals surface area contributed by atoms with Gasteiger partial charge in [-0.05, 0) is 28.8 Å². The van der Waals surface area contributed by atoms with Crippen molar-refractivity contribution in [2.24, 2.45) is 5.92 Å². The maximum absolute atomic E-state index is 12.5. The van der Waals surface area contributed by atoms with E-state index >= 15 is 0 Å². The van der Waals surface area contributed by atoms with Crippen molar-refractivity contribution >= 4 is 17.7 Å². The van der Waals surface area contributed by atoms with Gasteiger partial charge >= 0.3 is 0 Å². The van der Waals surface area contributed by atoms with Crippen LogP contribution in [0.15, 0.2) is 84.9 Å². The zero-order valence-corrected chi connectivity index (χ0v) is 17.0. The van der Waals surface area contributed by atoms with Gasteiger partial charge in [0.2, 0.25) is 11.8 Å². The summed E-state index contributed by atoms with van der Waals surface area (Å²) in [7, 11) is 0. The third kappa shape index (κ3) is 4.98. The molecule has 31 heavy (non-hydrogen) atoms. The van der Waals surface area contributed by atoms with Crippen LogP contribution >= 0.6 is 0 Å². The van der Waals surface area contributed by atoms with E-state index in [1.807, 2.05) is 72.8 Å². The average Bonchev–Trinajstić information content (AvgIpc) is 3.19. The van der Waals surface area contributed by atoms with Crippen LogP contribution in [-0.4, -0.2) is 29.2 Å². The SMILES string of the molecule is O=C(NNC(=O)C1CC(=O)N(Cc2ccccc2)C1)c1ccc(-c2ccccc2)cc1. The zero-order chi connectivity index (χ0) is 21.6. The van der Waals surface area contributed by atoms with Gasteiger partial charge in [-0.15, -0.1) is 0 Å². The van der Waals surface area contributed by atoms with E-state index in [0.29, 0.717) is 18.7 Å². The first kappa shape index (κ1) is 20.3. The lowest BCUT2D eigenvalue weighted by Gasteiger charge is -2.16. The molecule has 1 aliphatic rings. The molecule has 0 radical (unpaired) electrons. The Labute approximate surface area is 180 Å². The number of nitrogens with zero attached hydrogens (tertiary/aromatic N) is 1. The lowest BCUT2D eigenvalue weighted by Crippen LogP contribution is -2.45. The molecule has 156 valence electrons. The van der Waals surface area contributed by atoms with Crippen molar-refractivity contribution in [3.63, 3.8) is 0 Å². The smallest absolute Gasteiger partial charge is 0.269 e. The number of amides is 3. The molecule has 2 N–H and O–H groups in total. The first-order valence-electron chi connectivity index (χ1n) is 10.2. The van der Waals surface area contributed by atoms with Gasteiger partial charge in [0, 0.05) is 25.1 Å². The van der Waals surface area contributed by atoms with Crippen LogP contribution in [0, 0.1) is 5.92 Å². The highest BCUT2D eigenvalue weighted by molar-refractivity contribution is 5.96. The molecule has 0 saturated carbocycles. The molecule has 1 aliphatic heterocycles. The molecule has 6 nitrogen and oxygen atoms in total. The second-order valence-corrected chi connectivity index (χ2v) is 7.55. The topological polar surface area (TPSA) is 78.5 Å². The van der Waals surface area contributed by atoms with E-state index in [1.165, 1.54) is 0 Å². The van der Waals surface area contributed by atoms with Crippen LogP contribution in [0.3, 0.4) is 0 Å². The molecule has 0 spiro atoms. The van der Waals surface area contributed by atoms with Gasteiger partial charge < -0.3 is 4.90 Å². The van der Waals surface area contributed by atoms with Gasteiger partial charge in [0.15, 0.2) is 0 Å². The molecule has 6 heteroatoms. The fraction of sp³-hybridized carbons (Fsp3) is 0.160. The summed E-state index contributed by atoms with van der Waals surface area (Å²) in [5.41, 5.74) is 8.43. The molecule has 1 heterocycles. The van der Waals surface area contributed by atoms with Crippen molar-refractivity contribution in [3.8, 4) is 11.1 Å². The minimum absolute atomic E-state index is 0.0631. The monoisotopic (exact) mass is 413 g/mol. The summed E-state index contributed by atoms with van der Waals surface area (Å²) >= 11 is 0. The van der Waals surface area contributed by atoms with E-state index in [9.17, 15) is 14.4 Å². The Balaban J connectivity index is 1.29. The Hall–Kier alpha value is -3.93. The fourth-order valence-electron chi connectivity index (χ4n) is 3.64. The molecule has 1 saturated heterocycles. The van der Waals surface area contributed by atoms with E-state index < -0.39 is 11.8 Å². The molecular weight excluding hydrogens is 390 g/mol. The molecule has 1 atom stereocenters. The highest BCUT2D eigenvalue weighted by Crippen LogP contribution is 2.21. The van der Waals surface area contributed by atoms with Crippen LogP contribution in [0.2, 0.25) is 0 Å². The molecule has 1 fully saturated rings. The summed E-state index contributed by atoms with van der Waals surface area (Å²) in [6.45, 7) is 0.810. The predicted molar refractivity (Wildman–Crippen MR) is 117 cm³/mol. The van der Waals surface area contributed by atoms with E-state index in [4.69, 9.17) is 0 Å². The number of rotatable bonds is 5. The molecule has 0 bridgehead atoms. The zero-order valence-electron chi connectivity index (χ0n) is 17.0. The Morgan fingerprint density at radius 2 is 1.42 bits per heavy atom. The van der Waals surface area contributed by atoms with Crippen molar-refractivity contribution in [1.29, 1.82) is 0 Å². The van der Waals surface area contributed by atoms with Gasteiger partial charge in [0.05, 0.1) is 5.92 Å². The number of hydrazine groups is 1. The Bertz CT molecular complexity index is 1070. The molecule has 0 aromatic heterocycles. The third-order valence-electron chi connectivity index (χ3n) is 5.35. The second-order valence-electron chi connectivity index (χ2n) is 7.55. The van der Waals surface area contributed by atoms with Gasteiger partial charge in [-0.25, -0.2) is 0 Å². The Kier molecular flexibility index (Phi) is 6.08. The van der Waals surface area contributed by atoms with Crippen LogP contribution in [-0.2, 0) is 16.1 Å². The van der Waals surface area contributed by atoms with Crippen molar-refractivity contribution in [2.75, 3.05) is 6.54 Å². The standard InChI is InChI=1S/C25H23N3O3/c29-23-15-22(17-28(23)16-18-7-3-1-4-8-18)25(31)27-26-24(30)21-13-11-20(12-14-21)19-9-5-2-6-10-19/h1-14,22H,15-17H2,(H,26,30)(H,27,31). The number of likely N-dealkylation sites (tertiary alicyclic amines) is 1. The summed E-state index contributed by atoms with van der Waals surface area (Å²) in [6.07, 6.45) is 0.139. The second kappa shape index (κ2) is 9.26. The van der Waals surface area contributed by atoms with Crippen LogP contribution in [0.4, 0.5) is 0 Å². The van der Waals surface area contributed by atoms with Crippen LogP contribution in [0.25, 0.3) is 11.1 Å². The normalized spacial score (nSPS) is 15.5. The minimum Gasteiger partial charge on any atom is -0.338 e. The molecular formula is C25H23N3O3. The number of carbonyl (C=O) groups excluding carboxylic acids is 3. The number of nitrogens with one attached hydrogen (secondary N) is 2. The summed E-state index contributed by atoms with van der Waals surface area (Å²) in [5.74, 6) is -1.32. The number of hydrogen-bond acceptors (Lipinski definition) is 3. The first-order chi connectivity index (χ1) is 15.1. The average molecular weight is 413 g/mol. The highest BCUT2D eigenvalue weighted by atomic mass is 16.2. The van der Waals surface area contributed by atoms with E-state index in [0.717, 1.165) is 16.7 Å². The molecule has 3 aromatic rings. The predicted octanol–water partition coefficient (Wildman–Crippen LogP) is 3.16. The maximum Gasteiger partial charge on any atom is 0.269 e. The van der Waals surface area contributed by atoms with Gasteiger partial charge in [-0.1, -0.05) is 72.8 Å². The number of benzene rings is 3. The van der Waals surface area contributed by atoms with Crippen molar-refractivity contribution in [1.82, 2.24) is 15.8 Å². The maximum atomic E-state index is 12.5. The minimum atomic E-state index is -0.489. The number of hydrogen-bond donors (Lipinski definition) is 2. The summed E-state index contributed by atoms with van der Waals surface area (Å²) in [6, 6.07) is 26.7. The highest BCUT2D eigenvalue weighted by Gasteiger charge is 2.34. The van der Waals surface area contributed by atoms with Gasteiger partial charge in [-0.2, -0.15) is 0 Å². The van der Waals surface area contributed by atoms with E-state index in [-0.39, 0.29) is 18.2 Å². The van der Waals surface area contributed by atoms with Crippen LogP contribution < -0.4 is 10.9 Å². The molecule has 4 rings (SSSR count). The molecule has 0 aliphatic carbocycles. The quantitative estimate of drug-likeness (QED) is 0.631. The van der Waals surface area contributed by atoms with Crippen molar-refractivity contribution in [2.45, 2.75) is 13.0 Å². The molecule has 3 amide bonds. The third-order valence-corrected chi connectivity index (χ3v) is 5.35. The summed E-state index contributed by atoms with van der Waals surface area (Å²) < 4.78 is 0. The fourth-order valence-corrected chi connectivity index (χ4v) is 3.64. The molecule has 3 aromatic carbocycles. The van der Waals surface area contributed by atoms with Crippen LogP contribution in [0.5, 0.6) is 0 Å². The van der Waals surface area contributed by atoms with Crippen molar-refractivity contribution < 1.29 is 14.4 Å². The van der Waals surface area contributed by atoms with Gasteiger partial charge in [-0.3, -0.25) is 25.2 Å². The summed E-state index contributed by atoms with van der Waals surface area (Å²) in [4.78, 5) is 38.8.